The van der Waals surface area contributed by atoms with Crippen molar-refractivity contribution in [3.8, 4) is 5.75 Å². The molecule has 1 heterocycles. The lowest BCUT2D eigenvalue weighted by molar-refractivity contribution is -0.134. The Balaban J connectivity index is 1.84. The molecular formula is C16H22N2O4. The van der Waals surface area contributed by atoms with Gasteiger partial charge in [-0.05, 0) is 31.0 Å². The van der Waals surface area contributed by atoms with Gasteiger partial charge in [-0.3, -0.25) is 4.79 Å². The van der Waals surface area contributed by atoms with Gasteiger partial charge in [0.2, 0.25) is 0 Å². The fourth-order valence-corrected chi connectivity index (χ4v) is 2.38. The summed E-state index contributed by atoms with van der Waals surface area (Å²) in [4.78, 5) is 26.9. The summed E-state index contributed by atoms with van der Waals surface area (Å²) >= 11 is 0. The van der Waals surface area contributed by atoms with Crippen LogP contribution in [0.4, 0.5) is 4.79 Å². The van der Waals surface area contributed by atoms with Crippen LogP contribution < -0.4 is 4.74 Å². The van der Waals surface area contributed by atoms with Crippen LogP contribution in [0.15, 0.2) is 18.2 Å². The summed E-state index contributed by atoms with van der Waals surface area (Å²) < 4.78 is 10.3. The maximum absolute atomic E-state index is 12.2. The molecule has 0 radical (unpaired) electrons. The molecule has 0 spiro atoms. The maximum Gasteiger partial charge on any atom is 0.409 e. The van der Waals surface area contributed by atoms with Gasteiger partial charge >= 0.3 is 6.09 Å². The molecule has 0 atom stereocenters. The second kappa shape index (κ2) is 7.15. The molecule has 1 aromatic rings. The summed E-state index contributed by atoms with van der Waals surface area (Å²) in [6.45, 7) is 5.99. The van der Waals surface area contributed by atoms with E-state index < -0.39 is 0 Å². The smallest absolute Gasteiger partial charge is 0.409 e. The highest BCUT2D eigenvalue weighted by Gasteiger charge is 2.24. The third-order valence-corrected chi connectivity index (χ3v) is 3.97. The first kappa shape index (κ1) is 16.1. The molecular weight excluding hydrogens is 284 g/mol. The Morgan fingerprint density at radius 2 is 1.73 bits per heavy atom. The van der Waals surface area contributed by atoms with Crippen LogP contribution in [0.25, 0.3) is 0 Å². The van der Waals surface area contributed by atoms with Gasteiger partial charge in [-0.1, -0.05) is 12.1 Å². The highest BCUT2D eigenvalue weighted by molar-refractivity contribution is 5.78. The number of benzene rings is 1. The predicted octanol–water partition coefficient (Wildman–Crippen LogP) is 1.59. The first-order valence-electron chi connectivity index (χ1n) is 7.32. The summed E-state index contributed by atoms with van der Waals surface area (Å²) in [6.07, 6.45) is -0.348. The normalized spacial score (nSPS) is 14.7. The summed E-state index contributed by atoms with van der Waals surface area (Å²) in [5.74, 6) is 0.673. The van der Waals surface area contributed by atoms with E-state index in [4.69, 9.17) is 4.74 Å². The first-order chi connectivity index (χ1) is 10.5. The number of amides is 2. The van der Waals surface area contributed by atoms with E-state index in [1.54, 1.807) is 9.80 Å². The molecule has 0 aromatic heterocycles. The van der Waals surface area contributed by atoms with Gasteiger partial charge in [0, 0.05) is 26.2 Å². The van der Waals surface area contributed by atoms with Gasteiger partial charge < -0.3 is 19.3 Å². The van der Waals surface area contributed by atoms with E-state index in [2.05, 4.69) is 4.74 Å². The maximum atomic E-state index is 12.2. The molecule has 1 aliphatic heterocycles. The SMILES string of the molecule is COC(=O)N1CCN(C(=O)COc2cccc(C)c2C)CC1. The lowest BCUT2D eigenvalue weighted by Crippen LogP contribution is -2.51. The van der Waals surface area contributed by atoms with Gasteiger partial charge in [0.25, 0.3) is 5.91 Å². The number of hydrogen-bond acceptors (Lipinski definition) is 4. The van der Waals surface area contributed by atoms with Crippen LogP contribution in [0, 0.1) is 13.8 Å². The van der Waals surface area contributed by atoms with E-state index in [9.17, 15) is 9.59 Å². The largest absolute Gasteiger partial charge is 0.483 e. The monoisotopic (exact) mass is 306 g/mol. The number of aryl methyl sites for hydroxylation is 1. The van der Waals surface area contributed by atoms with Crippen LogP contribution in [0.3, 0.4) is 0 Å². The Hall–Kier alpha value is -2.24. The van der Waals surface area contributed by atoms with Gasteiger partial charge in [-0.25, -0.2) is 4.79 Å². The minimum atomic E-state index is -0.348. The topological polar surface area (TPSA) is 59.1 Å². The quantitative estimate of drug-likeness (QED) is 0.851. The minimum absolute atomic E-state index is 0.0164. The highest BCUT2D eigenvalue weighted by atomic mass is 16.5. The second-order valence-electron chi connectivity index (χ2n) is 5.32. The third-order valence-electron chi connectivity index (χ3n) is 3.97. The zero-order chi connectivity index (χ0) is 16.1. The number of hydrogen-bond donors (Lipinski definition) is 0. The molecule has 0 aliphatic carbocycles. The highest BCUT2D eigenvalue weighted by Crippen LogP contribution is 2.20. The molecule has 22 heavy (non-hydrogen) atoms. The van der Waals surface area contributed by atoms with Crippen molar-refractivity contribution in [3.05, 3.63) is 29.3 Å². The molecule has 1 fully saturated rings. The van der Waals surface area contributed by atoms with E-state index in [1.807, 2.05) is 32.0 Å². The summed E-state index contributed by atoms with van der Waals surface area (Å²) in [5.41, 5.74) is 2.18. The Morgan fingerprint density at radius 1 is 1.09 bits per heavy atom. The molecule has 120 valence electrons. The van der Waals surface area contributed by atoms with E-state index >= 15 is 0 Å². The molecule has 2 rings (SSSR count). The number of nitrogens with zero attached hydrogens (tertiary/aromatic N) is 2. The summed E-state index contributed by atoms with van der Waals surface area (Å²) in [5, 5.41) is 0. The van der Waals surface area contributed by atoms with Crippen molar-refractivity contribution in [3.63, 3.8) is 0 Å². The summed E-state index contributed by atoms with van der Waals surface area (Å²) in [6, 6.07) is 5.79. The molecule has 1 aliphatic rings. The van der Waals surface area contributed by atoms with Crippen LogP contribution in [0.5, 0.6) is 5.75 Å². The van der Waals surface area contributed by atoms with Crippen molar-refractivity contribution in [2.75, 3.05) is 39.9 Å². The molecule has 0 saturated carbocycles. The number of methoxy groups -OCH3 is 1. The molecule has 0 bridgehead atoms. The van der Waals surface area contributed by atoms with Crippen LogP contribution in [0.2, 0.25) is 0 Å². The van der Waals surface area contributed by atoms with Gasteiger partial charge in [0.05, 0.1) is 7.11 Å². The van der Waals surface area contributed by atoms with Gasteiger partial charge in [-0.15, -0.1) is 0 Å². The van der Waals surface area contributed by atoms with Crippen molar-refractivity contribution in [1.82, 2.24) is 9.80 Å². The Labute approximate surface area is 130 Å². The molecule has 0 N–H and O–H groups in total. The van der Waals surface area contributed by atoms with E-state index in [0.29, 0.717) is 26.2 Å². The van der Waals surface area contributed by atoms with Crippen molar-refractivity contribution >= 4 is 12.0 Å². The number of carbonyl (C=O) groups excluding carboxylic acids is 2. The number of ether oxygens (including phenoxy) is 2. The number of piperazine rings is 1. The van der Waals surface area contributed by atoms with Crippen LogP contribution in [0.1, 0.15) is 11.1 Å². The average Bonchev–Trinajstić information content (AvgIpc) is 2.55. The van der Waals surface area contributed by atoms with Crippen molar-refractivity contribution in [2.45, 2.75) is 13.8 Å². The lowest BCUT2D eigenvalue weighted by atomic mass is 10.1. The Morgan fingerprint density at radius 3 is 2.36 bits per heavy atom. The van der Waals surface area contributed by atoms with Crippen LogP contribution in [-0.4, -0.2) is 61.7 Å². The van der Waals surface area contributed by atoms with Crippen molar-refractivity contribution in [2.24, 2.45) is 0 Å². The first-order valence-corrected chi connectivity index (χ1v) is 7.32. The Bertz CT molecular complexity index is 551. The Kier molecular flexibility index (Phi) is 5.25. The predicted molar refractivity (Wildman–Crippen MR) is 82.0 cm³/mol. The van der Waals surface area contributed by atoms with Gasteiger partial charge in [0.15, 0.2) is 6.61 Å². The molecule has 6 nitrogen and oxygen atoms in total. The molecule has 1 aromatic carbocycles. The van der Waals surface area contributed by atoms with Crippen LogP contribution >= 0.6 is 0 Å². The van der Waals surface area contributed by atoms with Crippen molar-refractivity contribution in [1.29, 1.82) is 0 Å². The zero-order valence-corrected chi connectivity index (χ0v) is 13.3. The van der Waals surface area contributed by atoms with E-state index in [1.165, 1.54) is 7.11 Å². The fourth-order valence-electron chi connectivity index (χ4n) is 2.38. The van der Waals surface area contributed by atoms with Crippen LogP contribution in [-0.2, 0) is 9.53 Å². The standard InChI is InChI=1S/C16H22N2O4/c1-12-5-4-6-14(13(12)2)22-11-15(19)17-7-9-18(10-8-17)16(20)21-3/h4-6H,7-11H2,1-3H3. The van der Waals surface area contributed by atoms with Gasteiger partial charge in [0.1, 0.15) is 5.75 Å². The molecule has 2 amide bonds. The van der Waals surface area contributed by atoms with E-state index in [-0.39, 0.29) is 18.6 Å². The average molecular weight is 306 g/mol. The fraction of sp³-hybridized carbons (Fsp3) is 0.500. The van der Waals surface area contributed by atoms with Crippen molar-refractivity contribution < 1.29 is 19.1 Å². The third kappa shape index (κ3) is 3.69. The molecule has 6 heteroatoms. The molecule has 0 unspecified atom stereocenters. The number of rotatable bonds is 3. The zero-order valence-electron chi connectivity index (χ0n) is 13.3. The molecule has 1 saturated heterocycles. The number of carbonyl (C=O) groups is 2. The summed E-state index contributed by atoms with van der Waals surface area (Å²) in [7, 11) is 1.36. The van der Waals surface area contributed by atoms with E-state index in [0.717, 1.165) is 16.9 Å². The minimum Gasteiger partial charge on any atom is -0.483 e. The lowest BCUT2D eigenvalue weighted by Gasteiger charge is -2.33. The second-order valence-corrected chi connectivity index (χ2v) is 5.32. The van der Waals surface area contributed by atoms with Gasteiger partial charge in [-0.2, -0.15) is 0 Å².